The molecule has 0 atom stereocenters. The maximum absolute atomic E-state index is 5.69. The summed E-state index contributed by atoms with van der Waals surface area (Å²) < 4.78 is 6.92. The number of nitrogens with two attached hydrogens (primary N) is 1. The number of aromatic nitrogens is 3. The van der Waals surface area contributed by atoms with Crippen LogP contribution in [0.5, 0.6) is 5.88 Å². The minimum atomic E-state index is 0.549. The molecule has 0 aliphatic carbocycles. The molecule has 5 heteroatoms. The molecule has 0 amide bonds. The van der Waals surface area contributed by atoms with Crippen LogP contribution in [-0.2, 0) is 7.05 Å². The Morgan fingerprint density at radius 2 is 2.27 bits per heavy atom. The van der Waals surface area contributed by atoms with Gasteiger partial charge in [-0.15, -0.1) is 0 Å². The van der Waals surface area contributed by atoms with Gasteiger partial charge in [0.15, 0.2) is 0 Å². The zero-order valence-corrected chi connectivity index (χ0v) is 8.64. The van der Waals surface area contributed by atoms with Crippen LogP contribution in [0.2, 0.25) is 0 Å². The van der Waals surface area contributed by atoms with Crippen LogP contribution >= 0.6 is 0 Å². The van der Waals surface area contributed by atoms with Gasteiger partial charge in [-0.25, -0.2) is 4.98 Å². The van der Waals surface area contributed by atoms with Gasteiger partial charge in [0.1, 0.15) is 0 Å². The zero-order chi connectivity index (χ0) is 10.8. The van der Waals surface area contributed by atoms with E-state index in [0.717, 1.165) is 11.3 Å². The molecule has 78 valence electrons. The Balaban J connectivity index is 2.60. The summed E-state index contributed by atoms with van der Waals surface area (Å²) in [5.74, 6) is 0.549. The first-order valence-corrected chi connectivity index (χ1v) is 4.50. The van der Waals surface area contributed by atoms with Crippen molar-refractivity contribution >= 4 is 5.69 Å². The van der Waals surface area contributed by atoms with E-state index in [1.165, 1.54) is 0 Å². The Morgan fingerprint density at radius 3 is 2.87 bits per heavy atom. The molecule has 0 radical (unpaired) electrons. The van der Waals surface area contributed by atoms with Gasteiger partial charge in [-0.2, -0.15) is 5.10 Å². The Morgan fingerprint density at radius 1 is 1.47 bits per heavy atom. The fourth-order valence-corrected chi connectivity index (χ4v) is 1.45. The summed E-state index contributed by atoms with van der Waals surface area (Å²) in [5.41, 5.74) is 8.06. The first kappa shape index (κ1) is 9.51. The van der Waals surface area contributed by atoms with E-state index in [9.17, 15) is 0 Å². The highest BCUT2D eigenvalue weighted by atomic mass is 16.5. The molecule has 0 fully saturated rings. The molecule has 2 heterocycles. The minimum absolute atomic E-state index is 0.549. The first-order valence-electron chi connectivity index (χ1n) is 4.50. The number of rotatable bonds is 2. The van der Waals surface area contributed by atoms with E-state index in [0.29, 0.717) is 11.6 Å². The number of hydrogen-bond acceptors (Lipinski definition) is 4. The molecule has 0 saturated carbocycles. The lowest BCUT2D eigenvalue weighted by Crippen LogP contribution is -1.99. The summed E-state index contributed by atoms with van der Waals surface area (Å²) in [6.45, 7) is 0. The van der Waals surface area contributed by atoms with Crippen molar-refractivity contribution in [2.45, 2.75) is 0 Å². The largest absolute Gasteiger partial charge is 0.481 e. The van der Waals surface area contributed by atoms with Crippen LogP contribution in [0.4, 0.5) is 5.69 Å². The van der Waals surface area contributed by atoms with Gasteiger partial charge in [0.2, 0.25) is 5.88 Å². The quantitative estimate of drug-likeness (QED) is 0.794. The van der Waals surface area contributed by atoms with E-state index in [-0.39, 0.29) is 0 Å². The van der Waals surface area contributed by atoms with Crippen LogP contribution < -0.4 is 10.5 Å². The zero-order valence-electron chi connectivity index (χ0n) is 8.64. The predicted molar refractivity (Wildman–Crippen MR) is 57.4 cm³/mol. The number of aryl methyl sites for hydroxylation is 1. The van der Waals surface area contributed by atoms with Gasteiger partial charge >= 0.3 is 0 Å². The van der Waals surface area contributed by atoms with Gasteiger partial charge in [-0.1, -0.05) is 0 Å². The van der Waals surface area contributed by atoms with Gasteiger partial charge in [-0.05, 0) is 12.1 Å². The van der Waals surface area contributed by atoms with Gasteiger partial charge < -0.3 is 10.5 Å². The summed E-state index contributed by atoms with van der Waals surface area (Å²) >= 11 is 0. The lowest BCUT2D eigenvalue weighted by Gasteiger charge is -2.08. The van der Waals surface area contributed by atoms with Crippen molar-refractivity contribution in [2.75, 3.05) is 12.8 Å². The Bertz CT molecular complexity index is 478. The van der Waals surface area contributed by atoms with Crippen molar-refractivity contribution in [1.29, 1.82) is 0 Å². The maximum Gasteiger partial charge on any atom is 0.222 e. The van der Waals surface area contributed by atoms with Crippen molar-refractivity contribution in [3.63, 3.8) is 0 Å². The highest BCUT2D eigenvalue weighted by Gasteiger charge is 2.10. The van der Waals surface area contributed by atoms with Crippen LogP contribution in [0.3, 0.4) is 0 Å². The van der Waals surface area contributed by atoms with E-state index >= 15 is 0 Å². The molecule has 5 nitrogen and oxygen atoms in total. The topological polar surface area (TPSA) is 66.0 Å². The Labute approximate surface area is 87.5 Å². The minimum Gasteiger partial charge on any atom is -0.481 e. The molecule has 2 aromatic rings. The van der Waals surface area contributed by atoms with E-state index in [1.54, 1.807) is 24.2 Å². The number of nitrogens with zero attached hydrogens (tertiary/aromatic N) is 3. The number of hydrogen-bond donors (Lipinski definition) is 1. The van der Waals surface area contributed by atoms with Crippen molar-refractivity contribution in [3.8, 4) is 17.1 Å². The van der Waals surface area contributed by atoms with E-state index in [1.807, 2.05) is 19.2 Å². The normalized spacial score (nSPS) is 10.3. The smallest absolute Gasteiger partial charge is 0.222 e. The molecule has 0 bridgehead atoms. The molecule has 0 aliphatic rings. The van der Waals surface area contributed by atoms with Crippen molar-refractivity contribution in [1.82, 2.24) is 14.8 Å². The molecule has 15 heavy (non-hydrogen) atoms. The number of anilines is 1. The second-order valence-electron chi connectivity index (χ2n) is 3.17. The van der Waals surface area contributed by atoms with Gasteiger partial charge in [0, 0.05) is 13.2 Å². The highest BCUT2D eigenvalue weighted by molar-refractivity contribution is 5.68. The van der Waals surface area contributed by atoms with Crippen LogP contribution in [0, 0.1) is 0 Å². The molecule has 0 aromatic carbocycles. The second-order valence-corrected chi connectivity index (χ2v) is 3.17. The second kappa shape index (κ2) is 3.61. The number of methoxy groups -OCH3 is 1. The lowest BCUT2D eigenvalue weighted by atomic mass is 10.2. The summed E-state index contributed by atoms with van der Waals surface area (Å²) in [6.07, 6.45) is 3.29. The number of pyridine rings is 1. The van der Waals surface area contributed by atoms with Gasteiger partial charge in [0.05, 0.1) is 30.3 Å². The van der Waals surface area contributed by atoms with Crippen LogP contribution in [0.1, 0.15) is 0 Å². The van der Waals surface area contributed by atoms with Crippen molar-refractivity contribution in [2.24, 2.45) is 7.05 Å². The fraction of sp³-hybridized carbons (Fsp3) is 0.200. The molecule has 0 saturated heterocycles. The van der Waals surface area contributed by atoms with Crippen LogP contribution in [-0.4, -0.2) is 21.9 Å². The average Bonchev–Trinajstić information content (AvgIpc) is 2.64. The lowest BCUT2D eigenvalue weighted by molar-refractivity contribution is 0.399. The van der Waals surface area contributed by atoms with Crippen LogP contribution in [0.15, 0.2) is 24.5 Å². The Hall–Kier alpha value is -2.04. The molecule has 2 rings (SSSR count). The summed E-state index contributed by atoms with van der Waals surface area (Å²) in [4.78, 5) is 4.11. The Kier molecular flexibility index (Phi) is 2.29. The van der Waals surface area contributed by atoms with Gasteiger partial charge in [0.25, 0.3) is 0 Å². The summed E-state index contributed by atoms with van der Waals surface area (Å²) in [7, 11) is 3.44. The molecule has 2 N–H and O–H groups in total. The van der Waals surface area contributed by atoms with E-state index in [4.69, 9.17) is 10.5 Å². The summed E-state index contributed by atoms with van der Waals surface area (Å²) in [6, 6.07) is 3.71. The molecule has 2 aromatic heterocycles. The van der Waals surface area contributed by atoms with E-state index < -0.39 is 0 Å². The SMILES string of the molecule is COc1ncc(N)cc1-c1ccnn1C. The molecular weight excluding hydrogens is 192 g/mol. The number of ether oxygens (including phenoxy) is 1. The van der Waals surface area contributed by atoms with Crippen molar-refractivity contribution < 1.29 is 4.74 Å². The third kappa shape index (κ3) is 1.63. The fourth-order valence-electron chi connectivity index (χ4n) is 1.45. The van der Waals surface area contributed by atoms with E-state index in [2.05, 4.69) is 10.1 Å². The van der Waals surface area contributed by atoms with Crippen LogP contribution in [0.25, 0.3) is 11.3 Å². The average molecular weight is 204 g/mol. The van der Waals surface area contributed by atoms with Gasteiger partial charge in [-0.3, -0.25) is 4.68 Å². The molecule has 0 spiro atoms. The number of nitrogen functional groups attached to an aromatic ring is 1. The third-order valence-corrected chi connectivity index (χ3v) is 2.16. The standard InChI is InChI=1S/C10H12N4O/c1-14-9(3-4-13-14)8-5-7(11)6-12-10(8)15-2/h3-6H,11H2,1-2H3. The predicted octanol–water partition coefficient (Wildman–Crippen LogP) is 1.07. The maximum atomic E-state index is 5.69. The monoisotopic (exact) mass is 204 g/mol. The molecule has 0 aliphatic heterocycles. The summed E-state index contributed by atoms with van der Waals surface area (Å²) in [5, 5.41) is 4.09. The molecule has 0 unspecified atom stereocenters. The first-order chi connectivity index (χ1) is 7.22. The highest BCUT2D eigenvalue weighted by Crippen LogP contribution is 2.28. The molecular formula is C10H12N4O. The third-order valence-electron chi connectivity index (χ3n) is 2.16. The van der Waals surface area contributed by atoms with Crippen molar-refractivity contribution in [3.05, 3.63) is 24.5 Å².